The van der Waals surface area contributed by atoms with Gasteiger partial charge >= 0.3 is 7.12 Å². The smallest absolute Gasteiger partial charge is 0.490 e. The summed E-state index contributed by atoms with van der Waals surface area (Å²) in [5.41, 5.74) is 0.995. The minimum atomic E-state index is -0.357. The Morgan fingerprint density at radius 3 is 2.58 bits per heavy atom. The molecule has 2 aliphatic heterocycles. The summed E-state index contributed by atoms with van der Waals surface area (Å²) in [4.78, 5) is 0. The summed E-state index contributed by atoms with van der Waals surface area (Å²) in [5, 5.41) is 0. The molecule has 1 saturated heterocycles. The van der Waals surface area contributed by atoms with Crippen molar-refractivity contribution >= 4 is 12.6 Å². The van der Waals surface area contributed by atoms with Crippen LogP contribution in [0.25, 0.3) is 0 Å². The number of hydrogen-bond acceptors (Lipinski definition) is 4. The van der Waals surface area contributed by atoms with Crippen molar-refractivity contribution in [3.8, 4) is 11.5 Å². The maximum atomic E-state index is 5.83. The van der Waals surface area contributed by atoms with E-state index in [2.05, 4.69) is 13.8 Å². The average Bonchev–Trinajstić information content (AvgIpc) is 2.63. The van der Waals surface area contributed by atoms with Crippen molar-refractivity contribution in [2.45, 2.75) is 20.3 Å². The second-order valence-corrected chi connectivity index (χ2v) is 5.84. The molecule has 2 aliphatic rings. The van der Waals surface area contributed by atoms with Crippen LogP contribution in [0.2, 0.25) is 0 Å². The van der Waals surface area contributed by atoms with E-state index in [1.807, 2.05) is 18.2 Å². The Morgan fingerprint density at radius 2 is 1.79 bits per heavy atom. The molecule has 0 N–H and O–H groups in total. The van der Waals surface area contributed by atoms with Crippen molar-refractivity contribution in [1.82, 2.24) is 0 Å². The van der Waals surface area contributed by atoms with Crippen molar-refractivity contribution in [1.29, 1.82) is 0 Å². The van der Waals surface area contributed by atoms with Gasteiger partial charge in [0, 0.05) is 30.5 Å². The minimum Gasteiger partial charge on any atom is -0.490 e. The molecule has 0 radical (unpaired) electrons. The van der Waals surface area contributed by atoms with Crippen LogP contribution in [0.15, 0.2) is 18.2 Å². The minimum absolute atomic E-state index is 0.0690. The van der Waals surface area contributed by atoms with Crippen LogP contribution in [0, 0.1) is 5.41 Å². The van der Waals surface area contributed by atoms with Crippen LogP contribution >= 0.6 is 0 Å². The van der Waals surface area contributed by atoms with E-state index in [0.29, 0.717) is 26.4 Å². The zero-order chi connectivity index (χ0) is 13.3. The summed E-state index contributed by atoms with van der Waals surface area (Å²) < 4.78 is 23.1. The number of rotatable bonds is 1. The Morgan fingerprint density at radius 1 is 1.05 bits per heavy atom. The highest BCUT2D eigenvalue weighted by Gasteiger charge is 2.36. The fourth-order valence-corrected chi connectivity index (χ4v) is 2.27. The van der Waals surface area contributed by atoms with Gasteiger partial charge in [-0.05, 0) is 6.07 Å². The van der Waals surface area contributed by atoms with Gasteiger partial charge in [-0.2, -0.15) is 0 Å². The molecular weight excluding hydrogens is 243 g/mol. The Labute approximate surface area is 114 Å². The molecule has 2 heterocycles. The topological polar surface area (TPSA) is 36.9 Å². The Kier molecular flexibility index (Phi) is 3.41. The fraction of sp³-hybridized carbons (Fsp3) is 0.571. The zero-order valence-corrected chi connectivity index (χ0v) is 11.5. The predicted molar refractivity (Wildman–Crippen MR) is 73.1 cm³/mol. The normalized spacial score (nSPS) is 21.9. The highest BCUT2D eigenvalue weighted by Crippen LogP contribution is 2.29. The number of benzene rings is 1. The van der Waals surface area contributed by atoms with Gasteiger partial charge in [-0.15, -0.1) is 0 Å². The third-order valence-corrected chi connectivity index (χ3v) is 3.31. The lowest BCUT2D eigenvalue weighted by Crippen LogP contribution is -2.47. The molecule has 1 aromatic rings. The predicted octanol–water partition coefficient (Wildman–Crippen LogP) is 1.62. The molecule has 0 aromatic heterocycles. The van der Waals surface area contributed by atoms with E-state index >= 15 is 0 Å². The van der Waals surface area contributed by atoms with Crippen LogP contribution in [0.5, 0.6) is 11.5 Å². The van der Waals surface area contributed by atoms with Gasteiger partial charge in [0.25, 0.3) is 0 Å². The zero-order valence-electron chi connectivity index (χ0n) is 11.5. The quantitative estimate of drug-likeness (QED) is 0.720. The molecule has 1 fully saturated rings. The van der Waals surface area contributed by atoms with Gasteiger partial charge < -0.3 is 18.8 Å². The van der Waals surface area contributed by atoms with E-state index in [1.54, 1.807) is 0 Å². The summed E-state index contributed by atoms with van der Waals surface area (Å²) >= 11 is 0. The van der Waals surface area contributed by atoms with Gasteiger partial charge in [0.15, 0.2) is 11.5 Å². The van der Waals surface area contributed by atoms with Gasteiger partial charge in [0.2, 0.25) is 0 Å². The van der Waals surface area contributed by atoms with Crippen molar-refractivity contribution < 1.29 is 18.8 Å². The van der Waals surface area contributed by atoms with Gasteiger partial charge in [0.1, 0.15) is 0 Å². The first kappa shape index (κ1) is 12.8. The third kappa shape index (κ3) is 2.72. The lowest BCUT2D eigenvalue weighted by molar-refractivity contribution is 0.0341. The molecule has 0 saturated carbocycles. The molecule has 3 rings (SSSR count). The van der Waals surface area contributed by atoms with Crippen molar-refractivity contribution in [2.24, 2.45) is 5.41 Å². The third-order valence-electron chi connectivity index (χ3n) is 3.31. The molecule has 5 heteroatoms. The molecule has 1 aromatic carbocycles. The maximum Gasteiger partial charge on any atom is 0.497 e. The summed E-state index contributed by atoms with van der Waals surface area (Å²) in [5.74, 6) is 1.55. The second kappa shape index (κ2) is 5.06. The fourth-order valence-electron chi connectivity index (χ4n) is 2.27. The van der Waals surface area contributed by atoms with Crippen LogP contribution in [0.3, 0.4) is 0 Å². The van der Waals surface area contributed by atoms with Crippen molar-refractivity contribution in [2.75, 3.05) is 26.4 Å². The standard InChI is InChI=1S/C14H19BO4/c1-14(2)9-18-15(19-10-14)11-5-3-6-12-13(11)17-8-4-7-16-12/h3,5-6H,4,7-10H2,1-2H3. The summed E-state index contributed by atoms with van der Waals surface area (Å²) in [6, 6.07) is 5.86. The first-order chi connectivity index (χ1) is 9.16. The monoisotopic (exact) mass is 262 g/mol. The van der Waals surface area contributed by atoms with Crippen LogP contribution < -0.4 is 14.9 Å². The number of ether oxygens (including phenoxy) is 2. The largest absolute Gasteiger partial charge is 0.497 e. The molecule has 102 valence electrons. The maximum absolute atomic E-state index is 5.83. The van der Waals surface area contributed by atoms with Gasteiger partial charge in [0.05, 0.1) is 13.2 Å². The Hall–Kier alpha value is -1.20. The number of fused-ring (bicyclic) bond motifs is 1. The van der Waals surface area contributed by atoms with Crippen molar-refractivity contribution in [3.63, 3.8) is 0 Å². The highest BCUT2D eigenvalue weighted by molar-refractivity contribution is 6.62. The summed E-state index contributed by atoms with van der Waals surface area (Å²) in [6.45, 7) is 6.99. The number of hydrogen-bond donors (Lipinski definition) is 0. The van der Waals surface area contributed by atoms with Crippen molar-refractivity contribution in [3.05, 3.63) is 18.2 Å². The summed E-state index contributed by atoms with van der Waals surface area (Å²) in [6.07, 6.45) is 0.896. The van der Waals surface area contributed by atoms with Gasteiger partial charge in [-0.3, -0.25) is 0 Å². The van der Waals surface area contributed by atoms with Crippen LogP contribution in [0.1, 0.15) is 20.3 Å². The molecule has 0 unspecified atom stereocenters. The van der Waals surface area contributed by atoms with Crippen LogP contribution in [0.4, 0.5) is 0 Å². The average molecular weight is 262 g/mol. The SMILES string of the molecule is CC1(C)COB(c2cccc3c2OCCCO3)OC1. The molecular formula is C14H19BO4. The van der Waals surface area contributed by atoms with E-state index < -0.39 is 0 Å². The number of para-hydroxylation sites is 1. The van der Waals surface area contributed by atoms with Crippen LogP contribution in [-0.4, -0.2) is 33.5 Å². The second-order valence-electron chi connectivity index (χ2n) is 5.84. The Bertz CT molecular complexity index is 451. The van der Waals surface area contributed by atoms with E-state index in [9.17, 15) is 0 Å². The molecule has 19 heavy (non-hydrogen) atoms. The molecule has 0 amide bonds. The lowest BCUT2D eigenvalue weighted by Gasteiger charge is -2.33. The summed E-state index contributed by atoms with van der Waals surface area (Å²) in [7, 11) is -0.357. The van der Waals surface area contributed by atoms with E-state index in [4.69, 9.17) is 18.8 Å². The van der Waals surface area contributed by atoms with Gasteiger partial charge in [-0.1, -0.05) is 26.0 Å². The molecule has 4 nitrogen and oxygen atoms in total. The molecule has 0 atom stereocenters. The van der Waals surface area contributed by atoms with Gasteiger partial charge in [-0.25, -0.2) is 0 Å². The molecule has 0 bridgehead atoms. The molecule has 0 aliphatic carbocycles. The van der Waals surface area contributed by atoms with Crippen LogP contribution in [-0.2, 0) is 9.31 Å². The lowest BCUT2D eigenvalue weighted by atomic mass is 9.75. The molecule has 0 spiro atoms. The Balaban J connectivity index is 1.85. The first-order valence-corrected chi connectivity index (χ1v) is 6.77. The van der Waals surface area contributed by atoms with E-state index in [0.717, 1.165) is 23.4 Å². The highest BCUT2D eigenvalue weighted by atomic mass is 16.6. The first-order valence-electron chi connectivity index (χ1n) is 6.77. The van der Waals surface area contributed by atoms with E-state index in [-0.39, 0.29) is 12.5 Å². The van der Waals surface area contributed by atoms with E-state index in [1.165, 1.54) is 0 Å².